The third kappa shape index (κ3) is 10.2. The van der Waals surface area contributed by atoms with Gasteiger partial charge in [-0.15, -0.1) is 0 Å². The van der Waals surface area contributed by atoms with Crippen LogP contribution >= 0.6 is 0 Å². The Hall–Kier alpha value is -4.67. The van der Waals surface area contributed by atoms with Gasteiger partial charge in [0.25, 0.3) is 10.1 Å². The number of benzene rings is 4. The summed E-state index contributed by atoms with van der Waals surface area (Å²) in [7, 11) is -3.41. The summed E-state index contributed by atoms with van der Waals surface area (Å²) in [6.45, 7) is 2.85. The fourth-order valence-electron chi connectivity index (χ4n) is 4.45. The van der Waals surface area contributed by atoms with Gasteiger partial charge in [-0.2, -0.15) is 8.42 Å². The summed E-state index contributed by atoms with van der Waals surface area (Å²) >= 11 is 0. The number of unbranched alkanes of at least 4 members (excludes halogenated alkanes) is 5. The second kappa shape index (κ2) is 17.0. The minimum absolute atomic E-state index is 0.0377. The normalized spacial score (nSPS) is 10.8. The highest BCUT2D eigenvalue weighted by atomic mass is 32.2. The van der Waals surface area contributed by atoms with Gasteiger partial charge in [0.05, 0.1) is 24.8 Å². The summed E-state index contributed by atoms with van der Waals surface area (Å²) in [4.78, 5) is 24.1. The number of ether oxygens (including phenoxy) is 2. The molecule has 10 heteroatoms. The number of carbonyl (C=O) groups is 2. The zero-order chi connectivity index (χ0) is 32.8. The van der Waals surface area contributed by atoms with Crippen LogP contribution in [0.4, 0.5) is 0 Å². The summed E-state index contributed by atoms with van der Waals surface area (Å²) in [5, 5.41) is 20.0. The van der Waals surface area contributed by atoms with Crippen LogP contribution in [0.2, 0.25) is 0 Å². The fraction of sp³-hybridized carbons (Fsp3) is 0.257. The molecule has 4 rings (SSSR count). The van der Waals surface area contributed by atoms with E-state index in [1.165, 1.54) is 51.0 Å². The zero-order valence-electron chi connectivity index (χ0n) is 25.3. The van der Waals surface area contributed by atoms with Gasteiger partial charge in [-0.25, -0.2) is 0 Å². The van der Waals surface area contributed by atoms with Crippen LogP contribution in [-0.4, -0.2) is 48.5 Å². The average Bonchev–Trinajstić information content (AvgIpc) is 3.04. The van der Waals surface area contributed by atoms with Crippen molar-refractivity contribution in [1.29, 1.82) is 0 Å². The van der Waals surface area contributed by atoms with Gasteiger partial charge in [-0.05, 0) is 24.6 Å². The standard InChI is InChI=1S/C21H26O3.C14H12O6S/c1-2-3-4-5-6-10-15-24-18-13-14-19(20(22)16-18)21(23)17-11-8-7-9-12-17;1-20-12-8-11(15)10(7-13(12)21(17,18)19)14(16)9-5-3-2-4-6-9/h7-9,11-14,16,22H,2-6,10,15H2,1H3;2-8,15H,1H3,(H,17,18,19). The first-order valence-corrected chi connectivity index (χ1v) is 16.0. The molecule has 0 aliphatic heterocycles. The van der Waals surface area contributed by atoms with E-state index < -0.39 is 26.5 Å². The predicted octanol–water partition coefficient (Wildman–Crippen LogP) is 7.24. The van der Waals surface area contributed by atoms with Gasteiger partial charge in [-0.1, -0.05) is 99.7 Å². The molecule has 3 N–H and O–H groups in total. The van der Waals surface area contributed by atoms with Gasteiger partial charge >= 0.3 is 0 Å². The smallest absolute Gasteiger partial charge is 0.298 e. The van der Waals surface area contributed by atoms with Gasteiger partial charge in [0.1, 0.15) is 27.9 Å². The molecule has 4 aromatic carbocycles. The molecular weight excluding hydrogens is 596 g/mol. The van der Waals surface area contributed by atoms with Crippen molar-refractivity contribution in [2.45, 2.75) is 50.3 Å². The maximum atomic E-state index is 12.4. The van der Waals surface area contributed by atoms with Crippen molar-refractivity contribution in [3.63, 3.8) is 0 Å². The van der Waals surface area contributed by atoms with E-state index in [-0.39, 0.29) is 28.4 Å². The molecule has 0 bridgehead atoms. The largest absolute Gasteiger partial charge is 0.507 e. The number of rotatable bonds is 14. The molecule has 238 valence electrons. The summed E-state index contributed by atoms with van der Waals surface area (Å²) < 4.78 is 42.2. The predicted molar refractivity (Wildman–Crippen MR) is 171 cm³/mol. The van der Waals surface area contributed by atoms with Crippen LogP contribution in [-0.2, 0) is 10.1 Å². The molecule has 45 heavy (non-hydrogen) atoms. The van der Waals surface area contributed by atoms with Gasteiger partial charge in [0, 0.05) is 23.3 Å². The first-order chi connectivity index (χ1) is 21.6. The molecule has 0 aliphatic carbocycles. The first kappa shape index (κ1) is 34.8. The Labute approximate surface area is 263 Å². The second-order valence-corrected chi connectivity index (χ2v) is 11.6. The molecule has 0 saturated carbocycles. The Kier molecular flexibility index (Phi) is 13.1. The average molecular weight is 635 g/mol. The lowest BCUT2D eigenvalue weighted by atomic mass is 10.0. The number of ketones is 2. The molecular formula is C35H38O9S. The fourth-order valence-corrected chi connectivity index (χ4v) is 5.11. The van der Waals surface area contributed by atoms with Crippen LogP contribution in [0.5, 0.6) is 23.0 Å². The number of methoxy groups -OCH3 is 1. The van der Waals surface area contributed by atoms with Gasteiger partial charge in [0.2, 0.25) is 0 Å². The topological polar surface area (TPSA) is 147 Å². The molecule has 0 aliphatic rings. The van der Waals surface area contributed by atoms with Crippen molar-refractivity contribution < 1.29 is 42.2 Å². The number of phenols is 2. The monoisotopic (exact) mass is 634 g/mol. The van der Waals surface area contributed by atoms with E-state index in [2.05, 4.69) is 6.92 Å². The van der Waals surface area contributed by atoms with Crippen LogP contribution < -0.4 is 9.47 Å². The van der Waals surface area contributed by atoms with E-state index in [1.54, 1.807) is 42.5 Å². The van der Waals surface area contributed by atoms with Crippen molar-refractivity contribution in [3.8, 4) is 23.0 Å². The van der Waals surface area contributed by atoms with E-state index in [0.717, 1.165) is 25.0 Å². The molecule has 9 nitrogen and oxygen atoms in total. The van der Waals surface area contributed by atoms with Crippen LogP contribution in [0, 0.1) is 0 Å². The Morgan fingerprint density at radius 1 is 0.689 bits per heavy atom. The molecule has 0 radical (unpaired) electrons. The third-order valence-electron chi connectivity index (χ3n) is 6.86. The zero-order valence-corrected chi connectivity index (χ0v) is 26.1. The highest BCUT2D eigenvalue weighted by Crippen LogP contribution is 2.32. The van der Waals surface area contributed by atoms with E-state index in [0.29, 0.717) is 23.5 Å². The SMILES string of the molecule is CCCCCCCCOc1ccc(C(=O)c2ccccc2)c(O)c1.COc1cc(O)c(C(=O)c2ccccc2)cc1S(=O)(=O)O. The molecule has 0 heterocycles. The quantitative estimate of drug-likeness (QED) is 0.0741. The van der Waals surface area contributed by atoms with Gasteiger partial charge in [-0.3, -0.25) is 14.1 Å². The summed E-state index contributed by atoms with van der Waals surface area (Å²) in [6, 6.07) is 23.7. The minimum Gasteiger partial charge on any atom is -0.507 e. The van der Waals surface area contributed by atoms with Crippen molar-refractivity contribution in [3.05, 3.63) is 113 Å². The summed E-state index contributed by atoms with van der Waals surface area (Å²) in [5.74, 6) is -0.876. The maximum absolute atomic E-state index is 12.4. The van der Waals surface area contributed by atoms with Crippen molar-refractivity contribution in [2.75, 3.05) is 13.7 Å². The Morgan fingerprint density at radius 2 is 1.22 bits per heavy atom. The molecule has 0 unspecified atom stereocenters. The number of carbonyl (C=O) groups excluding carboxylic acids is 2. The highest BCUT2D eigenvalue weighted by molar-refractivity contribution is 7.86. The van der Waals surface area contributed by atoms with Crippen LogP contribution in [0.15, 0.2) is 95.9 Å². The van der Waals surface area contributed by atoms with E-state index >= 15 is 0 Å². The lowest BCUT2D eigenvalue weighted by Gasteiger charge is -2.10. The van der Waals surface area contributed by atoms with Gasteiger partial charge in [0.15, 0.2) is 11.6 Å². The van der Waals surface area contributed by atoms with Crippen molar-refractivity contribution in [1.82, 2.24) is 0 Å². The third-order valence-corrected chi connectivity index (χ3v) is 7.73. The number of hydrogen-bond acceptors (Lipinski definition) is 8. The Balaban J connectivity index is 0.000000248. The van der Waals surface area contributed by atoms with E-state index in [4.69, 9.17) is 14.0 Å². The highest BCUT2D eigenvalue weighted by Gasteiger charge is 2.23. The van der Waals surface area contributed by atoms with Crippen LogP contribution in [0.1, 0.15) is 77.3 Å². The molecule has 4 aromatic rings. The summed E-state index contributed by atoms with van der Waals surface area (Å²) in [5.41, 5.74) is 0.899. The minimum atomic E-state index is -4.59. The first-order valence-electron chi connectivity index (χ1n) is 14.6. The lowest BCUT2D eigenvalue weighted by molar-refractivity contribution is 0.102. The lowest BCUT2D eigenvalue weighted by Crippen LogP contribution is -2.07. The van der Waals surface area contributed by atoms with E-state index in [1.807, 2.05) is 18.2 Å². The van der Waals surface area contributed by atoms with Gasteiger partial charge < -0.3 is 19.7 Å². The maximum Gasteiger partial charge on any atom is 0.298 e. The van der Waals surface area contributed by atoms with Crippen LogP contribution in [0.25, 0.3) is 0 Å². The summed E-state index contributed by atoms with van der Waals surface area (Å²) in [6.07, 6.45) is 7.25. The number of hydrogen-bond donors (Lipinski definition) is 3. The van der Waals surface area contributed by atoms with E-state index in [9.17, 15) is 28.2 Å². The Morgan fingerprint density at radius 3 is 1.76 bits per heavy atom. The molecule has 0 amide bonds. The van der Waals surface area contributed by atoms with Crippen molar-refractivity contribution >= 4 is 21.7 Å². The van der Waals surface area contributed by atoms with Crippen LogP contribution in [0.3, 0.4) is 0 Å². The number of aromatic hydroxyl groups is 2. The molecule has 0 atom stereocenters. The molecule has 0 fully saturated rings. The number of phenolic OH excluding ortho intramolecular Hbond substituents is 2. The molecule has 0 spiro atoms. The molecule has 0 saturated heterocycles. The molecule has 0 aromatic heterocycles. The van der Waals surface area contributed by atoms with Crippen molar-refractivity contribution in [2.24, 2.45) is 0 Å². The second-order valence-electron chi connectivity index (χ2n) is 10.2. The Bertz CT molecular complexity index is 1670.